The number of hydrogen-bond acceptors (Lipinski definition) is 7. The average molecular weight is 677 g/mol. The van der Waals surface area contributed by atoms with E-state index in [1.165, 1.54) is 45.3 Å². The lowest BCUT2D eigenvalue weighted by Gasteiger charge is -2.38. The Bertz CT molecular complexity index is 1840. The molecule has 1 amide bonds. The Morgan fingerprint density at radius 3 is 2.77 bits per heavy atom. The molecule has 3 heterocycles. The van der Waals surface area contributed by atoms with Crippen LogP contribution in [0.25, 0.3) is 6.08 Å². The Morgan fingerprint density at radius 2 is 2.02 bits per heavy atom. The summed E-state index contributed by atoms with van der Waals surface area (Å²) in [5.41, 5.74) is 5.54. The molecule has 9 heteroatoms. The number of thiophene rings is 1. The number of allylic oxidation sites excluding steroid dienone is 10. The zero-order valence-corrected chi connectivity index (χ0v) is 28.9. The van der Waals surface area contributed by atoms with Crippen LogP contribution in [0.2, 0.25) is 0 Å². The number of thioether (sulfide) groups is 1. The zero-order valence-electron chi connectivity index (χ0n) is 27.2. The maximum atomic E-state index is 13.7. The van der Waals surface area contributed by atoms with Crippen molar-refractivity contribution in [3.05, 3.63) is 121 Å². The fourth-order valence-electron chi connectivity index (χ4n) is 6.85. The summed E-state index contributed by atoms with van der Waals surface area (Å²) in [7, 11) is 0. The summed E-state index contributed by atoms with van der Waals surface area (Å²) in [4.78, 5) is 30.3. The van der Waals surface area contributed by atoms with Gasteiger partial charge in [-0.1, -0.05) is 61.1 Å². The molecule has 1 aromatic rings. The van der Waals surface area contributed by atoms with Crippen molar-refractivity contribution in [2.24, 2.45) is 5.92 Å². The molecule has 7 nitrogen and oxygen atoms in total. The molecule has 48 heavy (non-hydrogen) atoms. The van der Waals surface area contributed by atoms with Crippen molar-refractivity contribution in [2.75, 3.05) is 6.54 Å². The molecule has 4 unspecified atom stereocenters. The van der Waals surface area contributed by atoms with Crippen molar-refractivity contribution in [1.29, 1.82) is 10.7 Å². The summed E-state index contributed by atoms with van der Waals surface area (Å²) in [6.45, 7) is 5.56. The molecule has 0 radical (unpaired) electrons. The molecule has 2 aliphatic heterocycles. The van der Waals surface area contributed by atoms with Crippen molar-refractivity contribution < 1.29 is 14.7 Å². The number of carboxylic acid groups (broad SMARTS) is 1. The third kappa shape index (κ3) is 7.67. The second kappa shape index (κ2) is 14.8. The number of likely N-dealkylation sites (tertiary alicyclic amines) is 1. The number of rotatable bonds is 9. The third-order valence-corrected chi connectivity index (χ3v) is 11.5. The summed E-state index contributed by atoms with van der Waals surface area (Å²) < 4.78 is 0. The number of carbonyl (C=O) groups excluding carboxylic acids is 1. The third-order valence-electron chi connectivity index (χ3n) is 9.09. The number of carboxylic acids is 1. The van der Waals surface area contributed by atoms with Gasteiger partial charge in [0.05, 0.1) is 17.3 Å². The lowest BCUT2D eigenvalue weighted by molar-refractivity contribution is -0.132. The highest BCUT2D eigenvalue weighted by atomic mass is 32.2. The van der Waals surface area contributed by atoms with Crippen molar-refractivity contribution in [3.8, 4) is 6.07 Å². The van der Waals surface area contributed by atoms with Crippen LogP contribution in [-0.2, 0) is 9.59 Å². The van der Waals surface area contributed by atoms with Crippen LogP contribution < -0.4 is 5.32 Å². The van der Waals surface area contributed by atoms with Gasteiger partial charge in [-0.25, -0.2) is 4.79 Å². The maximum absolute atomic E-state index is 13.7. The first-order valence-electron chi connectivity index (χ1n) is 16.5. The van der Waals surface area contributed by atoms with Crippen LogP contribution in [0.15, 0.2) is 111 Å². The van der Waals surface area contributed by atoms with Gasteiger partial charge >= 0.3 is 5.97 Å². The molecule has 3 N–H and O–H groups in total. The normalized spacial score (nSPS) is 25.6. The van der Waals surface area contributed by atoms with Gasteiger partial charge in [-0.15, -0.1) is 23.1 Å². The van der Waals surface area contributed by atoms with Crippen molar-refractivity contribution >= 4 is 46.8 Å². The van der Waals surface area contributed by atoms with E-state index in [4.69, 9.17) is 5.41 Å². The quantitative estimate of drug-likeness (QED) is 0.138. The van der Waals surface area contributed by atoms with Crippen LogP contribution >= 0.6 is 23.1 Å². The van der Waals surface area contributed by atoms with E-state index in [0.29, 0.717) is 23.7 Å². The van der Waals surface area contributed by atoms with E-state index in [2.05, 4.69) is 54.4 Å². The fraction of sp³-hybridized carbons (Fsp3) is 0.333. The summed E-state index contributed by atoms with van der Waals surface area (Å²) in [5.74, 6) is -0.788. The first kappa shape index (κ1) is 33.5. The van der Waals surface area contributed by atoms with Crippen LogP contribution in [0.5, 0.6) is 0 Å². The summed E-state index contributed by atoms with van der Waals surface area (Å²) in [6, 6.07) is 5.74. The Kier molecular flexibility index (Phi) is 10.3. The highest BCUT2D eigenvalue weighted by Crippen LogP contribution is 2.42. The number of nitrogens with one attached hydrogen (secondary N) is 2. The van der Waals surface area contributed by atoms with Gasteiger partial charge < -0.3 is 15.3 Å². The van der Waals surface area contributed by atoms with Crippen LogP contribution in [0.1, 0.15) is 68.0 Å². The number of piperidine rings is 1. The van der Waals surface area contributed by atoms with E-state index in [1.54, 1.807) is 17.4 Å². The van der Waals surface area contributed by atoms with Gasteiger partial charge in [0, 0.05) is 43.8 Å². The van der Waals surface area contributed by atoms with E-state index in [-0.39, 0.29) is 40.0 Å². The largest absolute Gasteiger partial charge is 0.477 e. The lowest BCUT2D eigenvalue weighted by Crippen LogP contribution is -2.36. The Hall–Kier alpha value is -4.39. The molecule has 0 bridgehead atoms. The Labute approximate surface area is 290 Å². The van der Waals surface area contributed by atoms with E-state index in [1.807, 2.05) is 42.5 Å². The molecule has 3 aliphatic carbocycles. The average Bonchev–Trinajstić information content (AvgIpc) is 3.75. The molecular formula is C39H40N4O3S2. The topological polar surface area (TPSA) is 117 Å². The van der Waals surface area contributed by atoms with Gasteiger partial charge in [-0.2, -0.15) is 5.26 Å². The molecule has 1 aromatic heterocycles. The highest BCUT2D eigenvalue weighted by molar-refractivity contribution is 8.05. The first-order valence-corrected chi connectivity index (χ1v) is 18.2. The van der Waals surface area contributed by atoms with E-state index >= 15 is 0 Å². The van der Waals surface area contributed by atoms with Gasteiger partial charge in [0.2, 0.25) is 0 Å². The number of fused-ring (bicyclic) bond motifs is 1. The SMILES string of the molecule is CC1=CC(N2CCCC3=CC(c4ccc(C=C(C(=N)C5=CCC(C=C(C#N)C(=O)O)S5)C(=O)NC5C=CC=CC5)s4)CC=C32)=CC(C)C1. The number of aliphatic carboxylic acids is 1. The number of nitriles is 1. The van der Waals surface area contributed by atoms with Crippen molar-refractivity contribution in [2.45, 2.75) is 69.6 Å². The molecule has 0 spiro atoms. The minimum Gasteiger partial charge on any atom is -0.477 e. The number of hydrogen-bond donors (Lipinski definition) is 3. The molecule has 5 aliphatic rings. The standard InChI is InChI=1S/C39H40N4O3S2/c1-24-17-25(2)19-30(18-24)43-16-6-7-26-20-27(10-13-34(26)43)35-14-11-32(47-35)22-33(38(44)42-29-8-4-3-5-9-29)37(41)36-15-12-31(48-36)21-28(23-40)39(45)46/h3-5,8,11,13-15,18-22,24,27,29,31,41H,6-7,9-10,12,16-17H2,1-2H3,(H,42,44)(H,45,46). The Morgan fingerprint density at radius 1 is 1.17 bits per heavy atom. The molecule has 6 rings (SSSR count). The fourth-order valence-corrected chi connectivity index (χ4v) is 9.03. The van der Waals surface area contributed by atoms with Gasteiger partial charge in [0.25, 0.3) is 5.91 Å². The number of nitrogens with zero attached hydrogens (tertiary/aromatic N) is 2. The van der Waals surface area contributed by atoms with Gasteiger partial charge in [-0.05, 0) is 87.3 Å². The first-order chi connectivity index (χ1) is 23.2. The van der Waals surface area contributed by atoms with Crippen LogP contribution in [0, 0.1) is 22.7 Å². The van der Waals surface area contributed by atoms with E-state index < -0.39 is 5.97 Å². The molecule has 246 valence electrons. The Balaban J connectivity index is 1.22. The summed E-state index contributed by atoms with van der Waals surface area (Å²) in [6.07, 6.45) is 27.8. The van der Waals surface area contributed by atoms with Gasteiger partial charge in [-0.3, -0.25) is 10.2 Å². The van der Waals surface area contributed by atoms with Crippen molar-refractivity contribution in [1.82, 2.24) is 10.2 Å². The smallest absolute Gasteiger partial charge is 0.346 e. The second-order valence-electron chi connectivity index (χ2n) is 12.9. The molecule has 0 aromatic carbocycles. The predicted octanol–water partition coefficient (Wildman–Crippen LogP) is 8.34. The highest BCUT2D eigenvalue weighted by Gasteiger charge is 2.29. The molecule has 1 saturated heterocycles. The van der Waals surface area contributed by atoms with Crippen LogP contribution in [0.3, 0.4) is 0 Å². The molecule has 0 saturated carbocycles. The predicted molar refractivity (Wildman–Crippen MR) is 195 cm³/mol. The second-order valence-corrected chi connectivity index (χ2v) is 15.3. The van der Waals surface area contributed by atoms with Crippen LogP contribution in [-0.4, -0.2) is 45.4 Å². The van der Waals surface area contributed by atoms with Crippen LogP contribution in [0.4, 0.5) is 0 Å². The van der Waals surface area contributed by atoms with E-state index in [9.17, 15) is 20.0 Å². The number of carbonyl (C=O) groups is 2. The minimum atomic E-state index is -1.27. The minimum absolute atomic E-state index is 0.0952. The molecule has 1 fully saturated rings. The molecule has 4 atom stereocenters. The lowest BCUT2D eigenvalue weighted by atomic mass is 9.86. The summed E-state index contributed by atoms with van der Waals surface area (Å²) >= 11 is 2.96. The zero-order chi connectivity index (χ0) is 33.8. The monoisotopic (exact) mass is 676 g/mol. The van der Waals surface area contributed by atoms with Gasteiger partial charge in [0.1, 0.15) is 11.6 Å². The maximum Gasteiger partial charge on any atom is 0.346 e. The van der Waals surface area contributed by atoms with Crippen molar-refractivity contribution in [3.63, 3.8) is 0 Å². The number of amides is 1. The van der Waals surface area contributed by atoms with E-state index in [0.717, 1.165) is 37.1 Å². The molecular weight excluding hydrogens is 637 g/mol. The van der Waals surface area contributed by atoms with Gasteiger partial charge in [0.15, 0.2) is 0 Å². The summed E-state index contributed by atoms with van der Waals surface area (Å²) in [5, 5.41) is 30.4.